The van der Waals surface area contributed by atoms with Crippen LogP contribution in [0.2, 0.25) is 0 Å². The fourth-order valence-electron chi connectivity index (χ4n) is 2.00. The number of nitrogens with zero attached hydrogens (tertiary/aromatic N) is 2. The molecule has 15 heavy (non-hydrogen) atoms. The van der Waals surface area contributed by atoms with Gasteiger partial charge in [-0.25, -0.2) is 0 Å². The molecule has 0 bridgehead atoms. The van der Waals surface area contributed by atoms with E-state index in [1.807, 2.05) is 18.7 Å². The van der Waals surface area contributed by atoms with Crippen molar-refractivity contribution < 1.29 is 4.74 Å². The molecule has 0 aliphatic carbocycles. The topological polar surface area (TPSA) is 39.1 Å². The van der Waals surface area contributed by atoms with Gasteiger partial charge >= 0.3 is 0 Å². The molecule has 0 saturated carbocycles. The van der Waals surface area contributed by atoms with Gasteiger partial charge in [-0.05, 0) is 39.8 Å². The van der Waals surface area contributed by atoms with Crippen LogP contribution in [-0.4, -0.2) is 29.0 Å². The van der Waals surface area contributed by atoms with Crippen molar-refractivity contribution in [3.8, 4) is 5.75 Å². The Morgan fingerprint density at radius 1 is 1.33 bits per heavy atom. The predicted molar refractivity (Wildman–Crippen MR) is 59.2 cm³/mol. The average molecular weight is 209 g/mol. The summed E-state index contributed by atoms with van der Waals surface area (Å²) in [4.78, 5) is 0. The van der Waals surface area contributed by atoms with Crippen LogP contribution < -0.4 is 10.1 Å². The molecule has 2 heterocycles. The maximum atomic E-state index is 6.01. The summed E-state index contributed by atoms with van der Waals surface area (Å²) in [6.07, 6.45) is 2.54. The van der Waals surface area contributed by atoms with E-state index < -0.39 is 0 Å². The predicted octanol–water partition coefficient (Wildman–Crippen LogP) is 1.17. The minimum absolute atomic E-state index is 0.354. The largest absolute Gasteiger partial charge is 0.486 e. The Hall–Kier alpha value is -1.03. The zero-order valence-electron chi connectivity index (χ0n) is 9.71. The second-order valence-electron chi connectivity index (χ2n) is 4.19. The van der Waals surface area contributed by atoms with E-state index >= 15 is 0 Å². The lowest BCUT2D eigenvalue weighted by Gasteiger charge is -2.23. The third-order valence-electron chi connectivity index (χ3n) is 3.01. The molecule has 1 aliphatic heterocycles. The molecule has 1 aliphatic rings. The second-order valence-corrected chi connectivity index (χ2v) is 4.19. The highest BCUT2D eigenvalue weighted by Gasteiger charge is 2.18. The second kappa shape index (κ2) is 4.23. The number of nitrogens with one attached hydrogen (secondary N) is 1. The summed E-state index contributed by atoms with van der Waals surface area (Å²) in [5.41, 5.74) is 2.11. The van der Waals surface area contributed by atoms with E-state index in [9.17, 15) is 0 Å². The van der Waals surface area contributed by atoms with Gasteiger partial charge in [0.2, 0.25) is 0 Å². The van der Waals surface area contributed by atoms with Gasteiger partial charge in [-0.2, -0.15) is 5.10 Å². The molecule has 0 amide bonds. The number of ether oxygens (including phenoxy) is 1. The number of aromatic nitrogens is 2. The van der Waals surface area contributed by atoms with Crippen LogP contribution in [0.15, 0.2) is 0 Å². The molecular formula is C11H19N3O. The Bertz CT molecular complexity index is 340. The van der Waals surface area contributed by atoms with Crippen LogP contribution in [0, 0.1) is 13.8 Å². The van der Waals surface area contributed by atoms with Gasteiger partial charge in [-0.3, -0.25) is 4.68 Å². The fourth-order valence-corrected chi connectivity index (χ4v) is 2.00. The van der Waals surface area contributed by atoms with Crippen molar-refractivity contribution in [2.45, 2.75) is 32.8 Å². The number of aryl methyl sites for hydroxylation is 2. The molecular weight excluding hydrogens is 190 g/mol. The van der Waals surface area contributed by atoms with Crippen molar-refractivity contribution in [3.05, 3.63) is 11.4 Å². The maximum Gasteiger partial charge on any atom is 0.163 e. The lowest BCUT2D eigenvalue weighted by atomic mass is 10.1. The lowest BCUT2D eigenvalue weighted by molar-refractivity contribution is 0.160. The zero-order valence-corrected chi connectivity index (χ0v) is 9.71. The van der Waals surface area contributed by atoms with Crippen LogP contribution in [0.3, 0.4) is 0 Å². The molecule has 1 N–H and O–H groups in total. The minimum atomic E-state index is 0.354. The summed E-state index contributed by atoms with van der Waals surface area (Å²) < 4.78 is 7.90. The van der Waals surface area contributed by atoms with Crippen LogP contribution in [-0.2, 0) is 7.05 Å². The summed E-state index contributed by atoms with van der Waals surface area (Å²) in [6.45, 7) is 6.17. The highest BCUT2D eigenvalue weighted by molar-refractivity contribution is 5.32. The highest BCUT2D eigenvalue weighted by Crippen LogP contribution is 2.24. The highest BCUT2D eigenvalue weighted by atomic mass is 16.5. The average Bonchev–Trinajstić information content (AvgIpc) is 2.47. The Balaban J connectivity index is 2.09. The molecule has 1 aromatic rings. The molecule has 4 heteroatoms. The molecule has 2 rings (SSSR count). The number of hydrogen-bond acceptors (Lipinski definition) is 3. The van der Waals surface area contributed by atoms with Gasteiger partial charge in [-0.1, -0.05) is 0 Å². The third kappa shape index (κ3) is 2.15. The van der Waals surface area contributed by atoms with Crippen molar-refractivity contribution >= 4 is 0 Å². The van der Waals surface area contributed by atoms with E-state index in [0.29, 0.717) is 6.10 Å². The van der Waals surface area contributed by atoms with E-state index in [-0.39, 0.29) is 0 Å². The molecule has 84 valence electrons. The molecule has 0 aromatic carbocycles. The first-order valence-corrected chi connectivity index (χ1v) is 5.56. The van der Waals surface area contributed by atoms with Crippen LogP contribution in [0.1, 0.15) is 24.2 Å². The Kier molecular flexibility index (Phi) is 2.95. The van der Waals surface area contributed by atoms with E-state index in [4.69, 9.17) is 4.74 Å². The van der Waals surface area contributed by atoms with Crippen LogP contribution in [0.4, 0.5) is 0 Å². The van der Waals surface area contributed by atoms with Crippen molar-refractivity contribution in [1.29, 1.82) is 0 Å². The van der Waals surface area contributed by atoms with Gasteiger partial charge in [-0.15, -0.1) is 0 Å². The van der Waals surface area contributed by atoms with Crippen LogP contribution >= 0.6 is 0 Å². The maximum absolute atomic E-state index is 6.01. The summed E-state index contributed by atoms with van der Waals surface area (Å²) in [6, 6.07) is 0. The molecule has 1 fully saturated rings. The molecule has 0 unspecified atom stereocenters. The molecule has 1 aromatic heterocycles. The van der Waals surface area contributed by atoms with Crippen molar-refractivity contribution in [2.24, 2.45) is 7.05 Å². The summed E-state index contributed by atoms with van der Waals surface area (Å²) in [5, 5.41) is 7.69. The standard InChI is InChI=1S/C11H19N3O/c1-8-11(9(2)14(3)13-8)15-10-4-6-12-7-5-10/h10,12H,4-7H2,1-3H3. The van der Waals surface area contributed by atoms with E-state index in [2.05, 4.69) is 17.3 Å². The van der Waals surface area contributed by atoms with Crippen molar-refractivity contribution in [3.63, 3.8) is 0 Å². The van der Waals surface area contributed by atoms with Gasteiger partial charge in [0.25, 0.3) is 0 Å². The van der Waals surface area contributed by atoms with Gasteiger partial charge in [0.05, 0.1) is 5.69 Å². The fraction of sp³-hybridized carbons (Fsp3) is 0.727. The van der Waals surface area contributed by atoms with Gasteiger partial charge < -0.3 is 10.1 Å². The zero-order chi connectivity index (χ0) is 10.8. The van der Waals surface area contributed by atoms with Gasteiger partial charge in [0.1, 0.15) is 11.8 Å². The molecule has 4 nitrogen and oxygen atoms in total. The molecule has 1 saturated heterocycles. The molecule has 0 radical (unpaired) electrons. The van der Waals surface area contributed by atoms with Crippen LogP contribution in [0.5, 0.6) is 5.75 Å². The smallest absolute Gasteiger partial charge is 0.163 e. The first kappa shape index (κ1) is 10.5. The summed E-state index contributed by atoms with van der Waals surface area (Å²) in [5.74, 6) is 0.976. The SMILES string of the molecule is Cc1nn(C)c(C)c1OC1CCNCC1. The Labute approximate surface area is 90.6 Å². The van der Waals surface area contributed by atoms with Crippen molar-refractivity contribution in [2.75, 3.05) is 13.1 Å². The number of piperidine rings is 1. The van der Waals surface area contributed by atoms with Crippen LogP contribution in [0.25, 0.3) is 0 Å². The Morgan fingerprint density at radius 3 is 2.53 bits per heavy atom. The number of rotatable bonds is 2. The van der Waals surface area contributed by atoms with Crippen molar-refractivity contribution in [1.82, 2.24) is 15.1 Å². The lowest BCUT2D eigenvalue weighted by Crippen LogP contribution is -2.34. The quantitative estimate of drug-likeness (QED) is 0.794. The van der Waals surface area contributed by atoms with E-state index in [1.165, 1.54) is 0 Å². The first-order chi connectivity index (χ1) is 7.18. The number of hydrogen-bond donors (Lipinski definition) is 1. The van der Waals surface area contributed by atoms with Gasteiger partial charge in [0, 0.05) is 7.05 Å². The van der Waals surface area contributed by atoms with Gasteiger partial charge in [0.15, 0.2) is 5.75 Å². The summed E-state index contributed by atoms with van der Waals surface area (Å²) >= 11 is 0. The van der Waals surface area contributed by atoms with E-state index in [1.54, 1.807) is 0 Å². The molecule has 0 atom stereocenters. The Morgan fingerprint density at radius 2 is 2.00 bits per heavy atom. The third-order valence-corrected chi connectivity index (χ3v) is 3.01. The monoisotopic (exact) mass is 209 g/mol. The minimum Gasteiger partial charge on any atom is -0.486 e. The summed E-state index contributed by atoms with van der Waals surface area (Å²) in [7, 11) is 1.96. The normalized spacial score (nSPS) is 18.1. The van der Waals surface area contributed by atoms with E-state index in [0.717, 1.165) is 43.1 Å². The molecule has 0 spiro atoms. The first-order valence-electron chi connectivity index (χ1n) is 5.56.